The second kappa shape index (κ2) is 6.45. The van der Waals surface area contributed by atoms with Crippen molar-refractivity contribution >= 4 is 23.2 Å². The van der Waals surface area contributed by atoms with Crippen LogP contribution >= 0.6 is 11.6 Å². The minimum Gasteiger partial charge on any atom is -0.324 e. The van der Waals surface area contributed by atoms with Crippen molar-refractivity contribution in [3.05, 3.63) is 83.9 Å². The average Bonchev–Trinajstić information content (AvgIpc) is 3.05. The number of benzene rings is 2. The van der Waals surface area contributed by atoms with Crippen LogP contribution in [0.25, 0.3) is 0 Å². The fourth-order valence-electron chi connectivity index (χ4n) is 2.26. The van der Waals surface area contributed by atoms with Crippen LogP contribution in [0.2, 0.25) is 5.02 Å². The van der Waals surface area contributed by atoms with Crippen LogP contribution in [-0.2, 0) is 4.79 Å². The molecule has 0 unspecified atom stereocenters. The van der Waals surface area contributed by atoms with Crippen molar-refractivity contribution in [3.63, 3.8) is 0 Å². The molecule has 1 amide bonds. The molecule has 5 heteroatoms. The Balaban J connectivity index is 1.89. The number of nitrogens with zero attached hydrogens (tertiary/aromatic N) is 2. The highest BCUT2D eigenvalue weighted by atomic mass is 35.5. The zero-order valence-electron chi connectivity index (χ0n) is 11.7. The van der Waals surface area contributed by atoms with E-state index in [2.05, 4.69) is 10.3 Å². The van der Waals surface area contributed by atoms with Crippen molar-refractivity contribution in [2.75, 3.05) is 5.32 Å². The first-order valence-electron chi connectivity index (χ1n) is 6.83. The average molecular weight is 312 g/mol. The highest BCUT2D eigenvalue weighted by Crippen LogP contribution is 2.21. The lowest BCUT2D eigenvalue weighted by atomic mass is 10.1. The molecule has 4 nitrogen and oxygen atoms in total. The van der Waals surface area contributed by atoms with Gasteiger partial charge in [0.2, 0.25) is 0 Å². The van der Waals surface area contributed by atoms with Crippen molar-refractivity contribution in [2.45, 2.75) is 6.04 Å². The summed E-state index contributed by atoms with van der Waals surface area (Å²) in [5.74, 6) is -0.133. The van der Waals surface area contributed by atoms with E-state index in [4.69, 9.17) is 11.6 Å². The number of nitrogens with one attached hydrogen (secondary N) is 1. The topological polar surface area (TPSA) is 46.9 Å². The highest BCUT2D eigenvalue weighted by molar-refractivity contribution is 6.30. The molecule has 0 aliphatic rings. The zero-order valence-corrected chi connectivity index (χ0v) is 12.4. The summed E-state index contributed by atoms with van der Waals surface area (Å²) in [6.45, 7) is 0. The molecule has 1 heterocycles. The smallest absolute Gasteiger partial charge is 0.252 e. The molecule has 0 saturated carbocycles. The summed E-state index contributed by atoms with van der Waals surface area (Å²) < 4.78 is 1.78. The lowest BCUT2D eigenvalue weighted by molar-refractivity contribution is -0.118. The molecule has 0 fully saturated rings. The van der Waals surface area contributed by atoms with E-state index >= 15 is 0 Å². The van der Waals surface area contributed by atoms with Gasteiger partial charge in [-0.15, -0.1) is 0 Å². The lowest BCUT2D eigenvalue weighted by Gasteiger charge is -2.18. The van der Waals surface area contributed by atoms with Gasteiger partial charge < -0.3 is 9.88 Å². The molecule has 2 aromatic carbocycles. The van der Waals surface area contributed by atoms with E-state index in [0.717, 1.165) is 5.56 Å². The number of imidazole rings is 1. The fourth-order valence-corrected chi connectivity index (χ4v) is 2.39. The van der Waals surface area contributed by atoms with Crippen molar-refractivity contribution < 1.29 is 4.79 Å². The first-order chi connectivity index (χ1) is 10.7. The second-order valence-electron chi connectivity index (χ2n) is 4.82. The van der Waals surface area contributed by atoms with E-state index in [1.54, 1.807) is 47.6 Å². The van der Waals surface area contributed by atoms with Crippen molar-refractivity contribution in [2.24, 2.45) is 0 Å². The van der Waals surface area contributed by atoms with Gasteiger partial charge in [0.1, 0.15) is 6.04 Å². The number of hydrogen-bond acceptors (Lipinski definition) is 2. The third-order valence-corrected chi connectivity index (χ3v) is 3.55. The largest absolute Gasteiger partial charge is 0.324 e. The molecule has 0 aliphatic carbocycles. The lowest BCUT2D eigenvalue weighted by Crippen LogP contribution is -2.26. The van der Waals surface area contributed by atoms with Crippen LogP contribution in [0.5, 0.6) is 0 Å². The predicted molar refractivity (Wildman–Crippen MR) is 86.9 cm³/mol. The second-order valence-corrected chi connectivity index (χ2v) is 5.26. The summed E-state index contributed by atoms with van der Waals surface area (Å²) in [6, 6.07) is 16.1. The SMILES string of the molecule is O=C(Nc1ccc(Cl)cc1)[C@H](c1ccccc1)n1ccnc1. The Morgan fingerprint density at radius 3 is 2.45 bits per heavy atom. The third-order valence-electron chi connectivity index (χ3n) is 3.30. The standard InChI is InChI=1S/C17H14ClN3O/c18-14-6-8-15(9-7-14)20-17(22)16(21-11-10-19-12-21)13-4-2-1-3-5-13/h1-12,16H,(H,20,22)/t16-/m0/s1. The van der Waals surface area contributed by atoms with Gasteiger partial charge >= 0.3 is 0 Å². The molecule has 0 spiro atoms. The Kier molecular flexibility index (Phi) is 4.21. The molecule has 1 atom stereocenters. The quantitative estimate of drug-likeness (QED) is 0.797. The van der Waals surface area contributed by atoms with Crippen LogP contribution < -0.4 is 5.32 Å². The van der Waals surface area contributed by atoms with Crippen molar-refractivity contribution in [1.29, 1.82) is 0 Å². The van der Waals surface area contributed by atoms with Crippen LogP contribution in [0.15, 0.2) is 73.3 Å². The summed E-state index contributed by atoms with van der Waals surface area (Å²) in [5.41, 5.74) is 1.60. The van der Waals surface area contributed by atoms with E-state index < -0.39 is 6.04 Å². The predicted octanol–water partition coefficient (Wildman–Crippen LogP) is 3.76. The van der Waals surface area contributed by atoms with Crippen LogP contribution in [0, 0.1) is 0 Å². The van der Waals surface area contributed by atoms with Crippen molar-refractivity contribution in [1.82, 2.24) is 9.55 Å². The Morgan fingerprint density at radius 2 is 1.82 bits per heavy atom. The van der Waals surface area contributed by atoms with E-state index in [-0.39, 0.29) is 5.91 Å². The van der Waals surface area contributed by atoms with Crippen LogP contribution in [-0.4, -0.2) is 15.5 Å². The van der Waals surface area contributed by atoms with Gasteiger partial charge in [-0.1, -0.05) is 41.9 Å². The number of hydrogen-bond donors (Lipinski definition) is 1. The zero-order chi connectivity index (χ0) is 15.4. The fraction of sp³-hybridized carbons (Fsp3) is 0.0588. The molecular formula is C17H14ClN3O. The van der Waals surface area contributed by atoms with Gasteiger partial charge in [-0.05, 0) is 29.8 Å². The van der Waals surface area contributed by atoms with Crippen LogP contribution in [0.1, 0.15) is 11.6 Å². The minimum atomic E-state index is -0.473. The number of anilines is 1. The molecule has 0 aliphatic heterocycles. The van der Waals surface area contributed by atoms with Crippen LogP contribution in [0.3, 0.4) is 0 Å². The number of carbonyl (C=O) groups excluding carboxylic acids is 1. The van der Waals surface area contributed by atoms with Gasteiger partial charge in [-0.3, -0.25) is 4.79 Å². The number of aromatic nitrogens is 2. The highest BCUT2D eigenvalue weighted by Gasteiger charge is 2.22. The maximum absolute atomic E-state index is 12.7. The molecule has 0 saturated heterocycles. The van der Waals surface area contributed by atoms with Crippen molar-refractivity contribution in [3.8, 4) is 0 Å². The normalized spacial score (nSPS) is 11.9. The monoisotopic (exact) mass is 311 g/mol. The minimum absolute atomic E-state index is 0.133. The molecule has 0 radical (unpaired) electrons. The van der Waals surface area contributed by atoms with Gasteiger partial charge in [0.15, 0.2) is 0 Å². The van der Waals surface area contributed by atoms with Gasteiger partial charge in [0.05, 0.1) is 6.33 Å². The third kappa shape index (κ3) is 3.18. The Hall–Kier alpha value is -2.59. The van der Waals surface area contributed by atoms with Gasteiger partial charge in [-0.2, -0.15) is 0 Å². The molecule has 1 aromatic heterocycles. The summed E-state index contributed by atoms with van der Waals surface area (Å²) in [4.78, 5) is 16.7. The molecule has 22 heavy (non-hydrogen) atoms. The van der Waals surface area contributed by atoms with Gasteiger partial charge in [0.25, 0.3) is 5.91 Å². The Bertz CT molecular complexity index is 739. The summed E-state index contributed by atoms with van der Waals surface area (Å²) in [6.07, 6.45) is 5.07. The number of amides is 1. The molecule has 3 rings (SSSR count). The van der Waals surface area contributed by atoms with E-state index in [1.165, 1.54) is 0 Å². The summed E-state index contributed by atoms with van der Waals surface area (Å²) >= 11 is 5.86. The molecule has 3 aromatic rings. The van der Waals surface area contributed by atoms with E-state index in [1.807, 2.05) is 30.3 Å². The Morgan fingerprint density at radius 1 is 1.09 bits per heavy atom. The molecular weight excluding hydrogens is 298 g/mol. The maximum atomic E-state index is 12.7. The van der Waals surface area contributed by atoms with Gasteiger partial charge in [-0.25, -0.2) is 4.98 Å². The summed E-state index contributed by atoms with van der Waals surface area (Å²) in [7, 11) is 0. The summed E-state index contributed by atoms with van der Waals surface area (Å²) in [5, 5.41) is 3.54. The number of halogens is 1. The molecule has 1 N–H and O–H groups in total. The van der Waals surface area contributed by atoms with E-state index in [0.29, 0.717) is 10.7 Å². The first-order valence-corrected chi connectivity index (χ1v) is 7.20. The Labute approximate surface area is 133 Å². The molecule has 0 bridgehead atoms. The number of rotatable bonds is 4. The van der Waals surface area contributed by atoms with Crippen LogP contribution in [0.4, 0.5) is 5.69 Å². The molecule has 110 valence electrons. The van der Waals surface area contributed by atoms with Gasteiger partial charge in [0, 0.05) is 23.1 Å². The maximum Gasteiger partial charge on any atom is 0.252 e. The number of carbonyl (C=O) groups is 1. The van der Waals surface area contributed by atoms with E-state index in [9.17, 15) is 4.79 Å². The first kappa shape index (κ1) is 14.4.